The fourth-order valence-electron chi connectivity index (χ4n) is 2.01. The number of nitrogens with one attached hydrogen (secondary N) is 1. The van der Waals surface area contributed by atoms with Gasteiger partial charge in [-0.3, -0.25) is 4.79 Å². The van der Waals surface area contributed by atoms with Gasteiger partial charge < -0.3 is 10.2 Å². The molecule has 1 rings (SSSR count). The van der Waals surface area contributed by atoms with Crippen LogP contribution >= 0.6 is 0 Å². The smallest absolute Gasteiger partial charge is 0.254 e. The lowest BCUT2D eigenvalue weighted by atomic mass is 10.1. The second-order valence-electron chi connectivity index (χ2n) is 5.58. The maximum atomic E-state index is 12.6. The summed E-state index contributed by atoms with van der Waals surface area (Å²) in [6.45, 7) is 11.0. The third-order valence-electron chi connectivity index (χ3n) is 2.90. The molecule has 4 nitrogen and oxygen atoms in total. The monoisotopic (exact) mass is 263 g/mol. The summed E-state index contributed by atoms with van der Waals surface area (Å²) in [5.74, 6) is 1.26. The zero-order valence-electron chi connectivity index (χ0n) is 12.8. The van der Waals surface area contributed by atoms with Crippen molar-refractivity contribution in [2.45, 2.75) is 40.7 Å². The summed E-state index contributed by atoms with van der Waals surface area (Å²) in [5.41, 5.74) is 1.55. The van der Waals surface area contributed by atoms with Crippen molar-refractivity contribution in [3.63, 3.8) is 0 Å². The van der Waals surface area contributed by atoms with Crippen LogP contribution in [0.4, 0.5) is 5.82 Å². The molecular formula is C15H25N3O. The van der Waals surface area contributed by atoms with Crippen LogP contribution in [0.25, 0.3) is 0 Å². The van der Waals surface area contributed by atoms with Crippen molar-refractivity contribution >= 4 is 11.7 Å². The summed E-state index contributed by atoms with van der Waals surface area (Å²) in [5, 5.41) is 2.99. The van der Waals surface area contributed by atoms with E-state index in [4.69, 9.17) is 0 Å². The molecule has 0 atom stereocenters. The highest BCUT2D eigenvalue weighted by molar-refractivity contribution is 5.95. The molecule has 0 aliphatic carbocycles. The molecule has 1 heterocycles. The van der Waals surface area contributed by atoms with Gasteiger partial charge in [0.1, 0.15) is 5.82 Å². The standard InChI is InChI=1S/C15H25N3O/c1-10(2)9-18(11(3)4)15(19)13-7-12(5)17-14(8-13)16-6/h7-8,10-11H,9H2,1-6H3,(H,16,17). The van der Waals surface area contributed by atoms with E-state index in [0.717, 1.165) is 18.1 Å². The van der Waals surface area contributed by atoms with Gasteiger partial charge in [-0.15, -0.1) is 0 Å². The maximum Gasteiger partial charge on any atom is 0.254 e. The highest BCUT2D eigenvalue weighted by Crippen LogP contribution is 2.15. The van der Waals surface area contributed by atoms with E-state index in [0.29, 0.717) is 11.5 Å². The molecule has 1 aromatic heterocycles. The second kappa shape index (κ2) is 6.55. The van der Waals surface area contributed by atoms with Gasteiger partial charge >= 0.3 is 0 Å². The van der Waals surface area contributed by atoms with E-state index < -0.39 is 0 Å². The van der Waals surface area contributed by atoms with Gasteiger partial charge in [0, 0.05) is 30.9 Å². The highest BCUT2D eigenvalue weighted by Gasteiger charge is 2.20. The molecule has 1 aromatic rings. The van der Waals surface area contributed by atoms with Crippen molar-refractivity contribution in [3.8, 4) is 0 Å². The van der Waals surface area contributed by atoms with Gasteiger partial charge in [-0.25, -0.2) is 4.98 Å². The molecule has 4 heteroatoms. The number of hydrogen-bond donors (Lipinski definition) is 1. The van der Waals surface area contributed by atoms with Crippen LogP contribution in [-0.4, -0.2) is 35.4 Å². The fraction of sp³-hybridized carbons (Fsp3) is 0.600. The average molecular weight is 263 g/mol. The molecule has 0 aliphatic heterocycles. The van der Waals surface area contributed by atoms with Crippen LogP contribution in [0.3, 0.4) is 0 Å². The molecule has 1 amide bonds. The minimum absolute atomic E-state index is 0.0747. The van der Waals surface area contributed by atoms with Crippen LogP contribution in [-0.2, 0) is 0 Å². The van der Waals surface area contributed by atoms with Gasteiger partial charge in [0.05, 0.1) is 0 Å². The minimum atomic E-state index is 0.0747. The predicted molar refractivity (Wildman–Crippen MR) is 79.5 cm³/mol. The largest absolute Gasteiger partial charge is 0.373 e. The minimum Gasteiger partial charge on any atom is -0.373 e. The van der Waals surface area contributed by atoms with Crippen LogP contribution in [0.15, 0.2) is 12.1 Å². The van der Waals surface area contributed by atoms with Crippen molar-refractivity contribution in [1.82, 2.24) is 9.88 Å². The number of hydrogen-bond acceptors (Lipinski definition) is 3. The van der Waals surface area contributed by atoms with Crippen LogP contribution in [0.1, 0.15) is 43.7 Å². The van der Waals surface area contributed by atoms with Gasteiger partial charge in [0.25, 0.3) is 5.91 Å². The molecule has 0 aliphatic rings. The lowest BCUT2D eigenvalue weighted by Crippen LogP contribution is -2.39. The first kappa shape index (κ1) is 15.5. The van der Waals surface area contributed by atoms with Gasteiger partial charge in [-0.2, -0.15) is 0 Å². The Hall–Kier alpha value is -1.58. The number of pyridine rings is 1. The molecule has 19 heavy (non-hydrogen) atoms. The second-order valence-corrected chi connectivity index (χ2v) is 5.58. The van der Waals surface area contributed by atoms with Crippen LogP contribution in [0, 0.1) is 12.8 Å². The van der Waals surface area contributed by atoms with E-state index in [9.17, 15) is 4.79 Å². The van der Waals surface area contributed by atoms with Crippen molar-refractivity contribution in [2.24, 2.45) is 5.92 Å². The molecule has 0 saturated heterocycles. The first-order valence-electron chi connectivity index (χ1n) is 6.82. The van der Waals surface area contributed by atoms with Gasteiger partial charge in [0.15, 0.2) is 0 Å². The van der Waals surface area contributed by atoms with E-state index in [2.05, 4.69) is 24.1 Å². The Morgan fingerprint density at radius 2 is 1.95 bits per heavy atom. The van der Waals surface area contributed by atoms with E-state index >= 15 is 0 Å². The number of amides is 1. The number of anilines is 1. The maximum absolute atomic E-state index is 12.6. The Labute approximate surface area is 116 Å². The summed E-state index contributed by atoms with van der Waals surface area (Å²) in [7, 11) is 1.81. The Balaban J connectivity index is 3.05. The van der Waals surface area contributed by atoms with Crippen LogP contribution < -0.4 is 5.32 Å². The summed E-state index contributed by atoms with van der Waals surface area (Å²) in [4.78, 5) is 18.8. The van der Waals surface area contributed by atoms with Gasteiger partial charge in [-0.05, 0) is 38.8 Å². The van der Waals surface area contributed by atoms with E-state index in [1.807, 2.05) is 44.9 Å². The third-order valence-corrected chi connectivity index (χ3v) is 2.90. The lowest BCUT2D eigenvalue weighted by molar-refractivity contribution is 0.0682. The van der Waals surface area contributed by atoms with Crippen LogP contribution in [0.2, 0.25) is 0 Å². The Morgan fingerprint density at radius 3 is 2.42 bits per heavy atom. The molecule has 0 spiro atoms. The normalized spacial score (nSPS) is 10.9. The van der Waals surface area contributed by atoms with Gasteiger partial charge in [-0.1, -0.05) is 13.8 Å². The Kier molecular flexibility index (Phi) is 5.33. The van der Waals surface area contributed by atoms with Crippen molar-refractivity contribution in [2.75, 3.05) is 18.9 Å². The first-order chi connectivity index (χ1) is 8.85. The average Bonchev–Trinajstić information content (AvgIpc) is 2.33. The van der Waals surface area contributed by atoms with Crippen LogP contribution in [0.5, 0.6) is 0 Å². The molecule has 0 bridgehead atoms. The summed E-state index contributed by atoms with van der Waals surface area (Å²) < 4.78 is 0. The molecule has 0 fully saturated rings. The third kappa shape index (κ3) is 4.23. The topological polar surface area (TPSA) is 45.2 Å². The Morgan fingerprint density at radius 1 is 1.32 bits per heavy atom. The number of carbonyl (C=O) groups excluding carboxylic acids is 1. The Bertz CT molecular complexity index is 441. The van der Waals surface area contributed by atoms with E-state index in [1.165, 1.54) is 0 Å². The number of rotatable bonds is 5. The number of nitrogens with zero attached hydrogens (tertiary/aromatic N) is 2. The van der Waals surface area contributed by atoms with Gasteiger partial charge in [0.2, 0.25) is 0 Å². The molecule has 0 saturated carbocycles. The predicted octanol–water partition coefficient (Wildman–Crippen LogP) is 2.94. The zero-order valence-corrected chi connectivity index (χ0v) is 12.8. The SMILES string of the molecule is CNc1cc(C(=O)N(CC(C)C)C(C)C)cc(C)n1. The first-order valence-corrected chi connectivity index (χ1v) is 6.82. The quantitative estimate of drug-likeness (QED) is 0.888. The lowest BCUT2D eigenvalue weighted by Gasteiger charge is -2.28. The number of aryl methyl sites for hydroxylation is 1. The van der Waals surface area contributed by atoms with Crippen molar-refractivity contribution in [1.29, 1.82) is 0 Å². The molecule has 0 radical (unpaired) electrons. The molecule has 106 valence electrons. The molecule has 1 N–H and O–H groups in total. The van der Waals surface area contributed by atoms with Crippen molar-refractivity contribution < 1.29 is 4.79 Å². The molecule has 0 unspecified atom stereocenters. The highest BCUT2D eigenvalue weighted by atomic mass is 16.2. The molecule has 0 aromatic carbocycles. The van der Waals surface area contributed by atoms with E-state index in [-0.39, 0.29) is 11.9 Å². The molecular weight excluding hydrogens is 238 g/mol. The number of aromatic nitrogens is 1. The van der Waals surface area contributed by atoms with E-state index in [1.54, 1.807) is 0 Å². The fourth-order valence-corrected chi connectivity index (χ4v) is 2.01. The zero-order chi connectivity index (χ0) is 14.6. The summed E-state index contributed by atoms with van der Waals surface area (Å²) >= 11 is 0. The van der Waals surface area contributed by atoms with Crippen molar-refractivity contribution in [3.05, 3.63) is 23.4 Å². The number of carbonyl (C=O) groups is 1. The summed E-state index contributed by atoms with van der Waals surface area (Å²) in [6.07, 6.45) is 0. The summed E-state index contributed by atoms with van der Waals surface area (Å²) in [6, 6.07) is 3.85.